The Morgan fingerprint density at radius 3 is 1.96 bits per heavy atom. The first-order valence-electron chi connectivity index (χ1n) is 7.05. The van der Waals surface area contributed by atoms with Gasteiger partial charge in [0.1, 0.15) is 11.6 Å². The SMILES string of the molecule is Cc1ccc(C(=O)NCCNC(=O)c2ccc(F)cc2)cc1F. The molecule has 23 heavy (non-hydrogen) atoms. The lowest BCUT2D eigenvalue weighted by Gasteiger charge is -2.08. The van der Waals surface area contributed by atoms with E-state index in [-0.39, 0.29) is 24.6 Å². The summed E-state index contributed by atoms with van der Waals surface area (Å²) in [7, 11) is 0. The van der Waals surface area contributed by atoms with E-state index in [2.05, 4.69) is 10.6 Å². The van der Waals surface area contributed by atoms with Gasteiger partial charge in [-0.05, 0) is 48.9 Å². The van der Waals surface area contributed by atoms with Crippen LogP contribution in [0.1, 0.15) is 26.3 Å². The highest BCUT2D eigenvalue weighted by Crippen LogP contribution is 2.08. The number of rotatable bonds is 5. The number of hydrogen-bond donors (Lipinski definition) is 2. The molecule has 4 nitrogen and oxygen atoms in total. The van der Waals surface area contributed by atoms with Crippen molar-refractivity contribution in [2.45, 2.75) is 6.92 Å². The van der Waals surface area contributed by atoms with Gasteiger partial charge in [0.25, 0.3) is 11.8 Å². The Kier molecular flexibility index (Phi) is 5.41. The van der Waals surface area contributed by atoms with Gasteiger partial charge in [-0.25, -0.2) is 8.78 Å². The maximum Gasteiger partial charge on any atom is 0.251 e. The second-order valence-corrected chi connectivity index (χ2v) is 4.98. The van der Waals surface area contributed by atoms with Crippen molar-refractivity contribution in [2.75, 3.05) is 13.1 Å². The predicted octanol–water partition coefficient (Wildman–Crippen LogP) is 2.43. The maximum atomic E-state index is 13.4. The minimum absolute atomic E-state index is 0.196. The fourth-order valence-corrected chi connectivity index (χ4v) is 1.89. The van der Waals surface area contributed by atoms with Gasteiger partial charge in [-0.3, -0.25) is 9.59 Å². The van der Waals surface area contributed by atoms with Crippen molar-refractivity contribution in [1.82, 2.24) is 10.6 Å². The number of benzene rings is 2. The van der Waals surface area contributed by atoms with E-state index in [1.807, 2.05) is 0 Å². The van der Waals surface area contributed by atoms with E-state index in [4.69, 9.17) is 0 Å². The Hall–Kier alpha value is -2.76. The molecule has 0 radical (unpaired) electrons. The number of hydrogen-bond acceptors (Lipinski definition) is 2. The third-order valence-electron chi connectivity index (χ3n) is 3.24. The zero-order chi connectivity index (χ0) is 16.8. The lowest BCUT2D eigenvalue weighted by molar-refractivity contribution is 0.0927. The van der Waals surface area contributed by atoms with Crippen molar-refractivity contribution < 1.29 is 18.4 Å². The summed E-state index contributed by atoms with van der Waals surface area (Å²) in [6, 6.07) is 9.37. The first-order chi connectivity index (χ1) is 11.0. The molecule has 120 valence electrons. The van der Waals surface area contributed by atoms with Gasteiger partial charge in [0.15, 0.2) is 0 Å². The van der Waals surface area contributed by atoms with Crippen LogP contribution < -0.4 is 10.6 Å². The molecular weight excluding hydrogens is 302 g/mol. The van der Waals surface area contributed by atoms with Crippen molar-refractivity contribution in [3.8, 4) is 0 Å². The van der Waals surface area contributed by atoms with Crippen LogP contribution in [0.2, 0.25) is 0 Å². The van der Waals surface area contributed by atoms with Gasteiger partial charge in [-0.1, -0.05) is 6.07 Å². The molecule has 2 aromatic carbocycles. The molecule has 0 aliphatic carbocycles. The molecule has 2 rings (SSSR count). The van der Waals surface area contributed by atoms with Gasteiger partial charge in [0.05, 0.1) is 0 Å². The minimum Gasteiger partial charge on any atom is -0.350 e. The summed E-state index contributed by atoms with van der Waals surface area (Å²) in [6.45, 7) is 2.01. The third kappa shape index (κ3) is 4.60. The lowest BCUT2D eigenvalue weighted by atomic mass is 10.1. The number of carbonyl (C=O) groups is 2. The zero-order valence-electron chi connectivity index (χ0n) is 12.5. The van der Waals surface area contributed by atoms with Crippen molar-refractivity contribution in [1.29, 1.82) is 0 Å². The number of nitrogens with one attached hydrogen (secondary N) is 2. The largest absolute Gasteiger partial charge is 0.350 e. The molecule has 2 amide bonds. The molecule has 0 aliphatic heterocycles. The molecule has 0 aromatic heterocycles. The highest BCUT2D eigenvalue weighted by Gasteiger charge is 2.08. The van der Waals surface area contributed by atoms with Crippen LogP contribution in [0.5, 0.6) is 0 Å². The average Bonchev–Trinajstić information content (AvgIpc) is 2.54. The second-order valence-electron chi connectivity index (χ2n) is 4.98. The Labute approximate surface area is 132 Å². The summed E-state index contributed by atoms with van der Waals surface area (Å²) in [6.07, 6.45) is 0. The molecule has 0 unspecified atom stereocenters. The topological polar surface area (TPSA) is 58.2 Å². The molecule has 0 spiro atoms. The molecular formula is C17H16F2N2O2. The van der Waals surface area contributed by atoms with Crippen LogP contribution in [0, 0.1) is 18.6 Å². The molecule has 2 aromatic rings. The van der Waals surface area contributed by atoms with Crippen LogP contribution in [-0.2, 0) is 0 Å². The van der Waals surface area contributed by atoms with E-state index >= 15 is 0 Å². The van der Waals surface area contributed by atoms with Crippen molar-refractivity contribution in [3.05, 3.63) is 70.8 Å². The second kappa shape index (κ2) is 7.49. The van der Waals surface area contributed by atoms with Gasteiger partial charge < -0.3 is 10.6 Å². The predicted molar refractivity (Wildman–Crippen MR) is 82.2 cm³/mol. The number of amides is 2. The van der Waals surface area contributed by atoms with Crippen LogP contribution in [-0.4, -0.2) is 24.9 Å². The lowest BCUT2D eigenvalue weighted by Crippen LogP contribution is -2.34. The Balaban J connectivity index is 1.78. The fourth-order valence-electron chi connectivity index (χ4n) is 1.89. The Morgan fingerprint density at radius 1 is 0.870 bits per heavy atom. The summed E-state index contributed by atoms with van der Waals surface area (Å²) in [5.41, 5.74) is 1.02. The normalized spacial score (nSPS) is 10.2. The molecule has 0 bridgehead atoms. The summed E-state index contributed by atoms with van der Waals surface area (Å²) in [5.74, 6) is -1.64. The van der Waals surface area contributed by atoms with E-state index in [1.165, 1.54) is 42.5 Å². The monoisotopic (exact) mass is 318 g/mol. The number of halogens is 2. The van der Waals surface area contributed by atoms with Crippen LogP contribution in [0.4, 0.5) is 8.78 Å². The van der Waals surface area contributed by atoms with Crippen molar-refractivity contribution in [3.63, 3.8) is 0 Å². The van der Waals surface area contributed by atoms with E-state index < -0.39 is 17.5 Å². The van der Waals surface area contributed by atoms with Crippen LogP contribution >= 0.6 is 0 Å². The van der Waals surface area contributed by atoms with E-state index in [0.717, 1.165) is 0 Å². The average molecular weight is 318 g/mol. The van der Waals surface area contributed by atoms with E-state index in [9.17, 15) is 18.4 Å². The molecule has 2 N–H and O–H groups in total. The van der Waals surface area contributed by atoms with Crippen molar-refractivity contribution in [2.24, 2.45) is 0 Å². The molecule has 0 heterocycles. The highest BCUT2D eigenvalue weighted by atomic mass is 19.1. The fraction of sp³-hybridized carbons (Fsp3) is 0.176. The van der Waals surface area contributed by atoms with Gasteiger partial charge in [0, 0.05) is 24.2 Å². The summed E-state index contributed by atoms with van der Waals surface area (Å²) in [5, 5.41) is 5.18. The molecule has 0 saturated heterocycles. The van der Waals surface area contributed by atoms with Crippen LogP contribution in [0.15, 0.2) is 42.5 Å². The van der Waals surface area contributed by atoms with Crippen molar-refractivity contribution >= 4 is 11.8 Å². The standard InChI is InChI=1S/C17H16F2N2O2/c1-11-2-3-13(10-15(11)19)17(23)21-9-8-20-16(22)12-4-6-14(18)7-5-12/h2-7,10H,8-9H2,1H3,(H,20,22)(H,21,23). The molecule has 0 atom stereocenters. The Bertz CT molecular complexity index is 715. The van der Waals surface area contributed by atoms with Gasteiger partial charge >= 0.3 is 0 Å². The molecule has 0 saturated carbocycles. The quantitative estimate of drug-likeness (QED) is 0.832. The maximum absolute atomic E-state index is 13.4. The highest BCUT2D eigenvalue weighted by molar-refractivity contribution is 5.95. The first-order valence-corrected chi connectivity index (χ1v) is 7.05. The minimum atomic E-state index is -0.442. The molecule has 0 aliphatic rings. The van der Waals surface area contributed by atoms with Crippen LogP contribution in [0.25, 0.3) is 0 Å². The van der Waals surface area contributed by atoms with Gasteiger partial charge in [-0.2, -0.15) is 0 Å². The smallest absolute Gasteiger partial charge is 0.251 e. The van der Waals surface area contributed by atoms with E-state index in [1.54, 1.807) is 6.92 Å². The Morgan fingerprint density at radius 2 is 1.39 bits per heavy atom. The first kappa shape index (κ1) is 16.6. The number of aryl methyl sites for hydroxylation is 1. The summed E-state index contributed by atoms with van der Waals surface area (Å²) >= 11 is 0. The third-order valence-corrected chi connectivity index (χ3v) is 3.24. The summed E-state index contributed by atoms with van der Waals surface area (Å²) < 4.78 is 26.1. The van der Waals surface area contributed by atoms with E-state index in [0.29, 0.717) is 11.1 Å². The molecule has 0 fully saturated rings. The van der Waals surface area contributed by atoms with Gasteiger partial charge in [0.2, 0.25) is 0 Å². The molecule has 6 heteroatoms. The number of carbonyl (C=O) groups excluding carboxylic acids is 2. The zero-order valence-corrected chi connectivity index (χ0v) is 12.5. The van der Waals surface area contributed by atoms with Gasteiger partial charge in [-0.15, -0.1) is 0 Å². The summed E-state index contributed by atoms with van der Waals surface area (Å²) in [4.78, 5) is 23.6. The van der Waals surface area contributed by atoms with Crippen LogP contribution in [0.3, 0.4) is 0 Å².